The Morgan fingerprint density at radius 1 is 1.30 bits per heavy atom. The molecule has 1 radical (unpaired) electrons. The van der Waals surface area contributed by atoms with Gasteiger partial charge in [-0.15, -0.1) is 0 Å². The minimum absolute atomic E-state index is 0.107. The maximum Gasteiger partial charge on any atom is 0.109 e. The molecule has 0 N–H and O–H groups in total. The number of furan rings is 1. The van der Waals surface area contributed by atoms with E-state index >= 15 is 0 Å². The molecule has 0 unspecified atom stereocenters. The summed E-state index contributed by atoms with van der Waals surface area (Å²) in [6, 6.07) is 3.86. The lowest BCUT2D eigenvalue weighted by Gasteiger charge is -2.13. The van der Waals surface area contributed by atoms with Crippen molar-refractivity contribution in [2.75, 3.05) is 0 Å². The third-order valence-corrected chi connectivity index (χ3v) is 1.40. The molecule has 1 rings (SSSR count). The first-order valence-corrected chi connectivity index (χ1v) is 3.42. The second kappa shape index (κ2) is 2.15. The molecule has 55 valence electrons. The molecule has 1 nitrogen and oxygen atoms in total. The van der Waals surface area contributed by atoms with Crippen molar-refractivity contribution in [3.63, 3.8) is 0 Å². The van der Waals surface area contributed by atoms with Crippen LogP contribution in [-0.2, 0) is 5.41 Å². The van der Waals surface area contributed by atoms with Gasteiger partial charge in [0, 0.05) is 12.3 Å². The average molecular weight is 137 g/mol. The largest absolute Gasteiger partial charge is 0.466 e. The van der Waals surface area contributed by atoms with Crippen LogP contribution in [0.15, 0.2) is 16.5 Å². The van der Waals surface area contributed by atoms with E-state index < -0.39 is 0 Å². The SMILES string of the molecule is [CH2]c1ccc(C(C)(C)C)o1. The first-order chi connectivity index (χ1) is 4.50. The normalized spacial score (nSPS) is 12.0. The van der Waals surface area contributed by atoms with Crippen LogP contribution in [0.3, 0.4) is 0 Å². The molecule has 0 spiro atoms. The molecule has 10 heavy (non-hydrogen) atoms. The van der Waals surface area contributed by atoms with E-state index in [1.165, 1.54) is 0 Å². The Balaban J connectivity index is 2.96. The molecule has 1 aromatic heterocycles. The Morgan fingerprint density at radius 3 is 2.10 bits per heavy atom. The third-order valence-electron chi connectivity index (χ3n) is 1.40. The number of hydrogen-bond acceptors (Lipinski definition) is 1. The summed E-state index contributed by atoms with van der Waals surface area (Å²) in [5, 5.41) is 0. The molecule has 1 aromatic rings. The highest BCUT2D eigenvalue weighted by Crippen LogP contribution is 2.23. The Bertz CT molecular complexity index is 215. The van der Waals surface area contributed by atoms with Crippen molar-refractivity contribution in [3.8, 4) is 0 Å². The second-order valence-electron chi connectivity index (χ2n) is 3.52. The van der Waals surface area contributed by atoms with Crippen LogP contribution in [0.25, 0.3) is 0 Å². The highest BCUT2D eigenvalue weighted by Gasteiger charge is 2.16. The van der Waals surface area contributed by atoms with Crippen LogP contribution in [0.1, 0.15) is 32.3 Å². The highest BCUT2D eigenvalue weighted by molar-refractivity contribution is 5.15. The standard InChI is InChI=1S/C9H13O/c1-7-5-6-8(10-7)9(2,3)4/h5-6H,1H2,2-4H3. The van der Waals surface area contributed by atoms with E-state index in [1.807, 2.05) is 12.1 Å². The van der Waals surface area contributed by atoms with E-state index in [2.05, 4.69) is 27.7 Å². The summed E-state index contributed by atoms with van der Waals surface area (Å²) in [4.78, 5) is 0. The van der Waals surface area contributed by atoms with Gasteiger partial charge in [0.15, 0.2) is 0 Å². The maximum absolute atomic E-state index is 5.34. The van der Waals surface area contributed by atoms with Gasteiger partial charge in [-0.25, -0.2) is 0 Å². The molecule has 1 heteroatoms. The van der Waals surface area contributed by atoms with Crippen molar-refractivity contribution in [2.45, 2.75) is 26.2 Å². The van der Waals surface area contributed by atoms with Gasteiger partial charge in [0.1, 0.15) is 11.5 Å². The first-order valence-electron chi connectivity index (χ1n) is 3.42. The molecule has 0 bridgehead atoms. The van der Waals surface area contributed by atoms with E-state index in [9.17, 15) is 0 Å². The topological polar surface area (TPSA) is 13.1 Å². The molecule has 0 aliphatic rings. The quantitative estimate of drug-likeness (QED) is 0.536. The lowest BCUT2D eigenvalue weighted by molar-refractivity contribution is 0.402. The van der Waals surface area contributed by atoms with Crippen molar-refractivity contribution < 1.29 is 4.42 Å². The van der Waals surface area contributed by atoms with E-state index in [-0.39, 0.29) is 5.41 Å². The molecule has 0 aliphatic carbocycles. The van der Waals surface area contributed by atoms with Crippen molar-refractivity contribution in [1.29, 1.82) is 0 Å². The number of rotatable bonds is 0. The first kappa shape index (κ1) is 7.39. The summed E-state index contributed by atoms with van der Waals surface area (Å²) in [6.07, 6.45) is 0. The second-order valence-corrected chi connectivity index (χ2v) is 3.52. The van der Waals surface area contributed by atoms with Gasteiger partial charge in [-0.05, 0) is 12.1 Å². The summed E-state index contributed by atoms with van der Waals surface area (Å²) in [6.45, 7) is 10.0. The van der Waals surface area contributed by atoms with Crippen LogP contribution in [0, 0.1) is 6.92 Å². The molecule has 0 aromatic carbocycles. The predicted octanol–water partition coefficient (Wildman–Crippen LogP) is 2.76. The Labute approximate surface area is 62.1 Å². The zero-order valence-corrected chi connectivity index (χ0v) is 6.77. The van der Waals surface area contributed by atoms with Crippen LogP contribution in [-0.4, -0.2) is 0 Å². The average Bonchev–Trinajstić information content (AvgIpc) is 2.11. The molecule has 0 amide bonds. The number of hydrogen-bond donors (Lipinski definition) is 0. The molecular formula is C9H13O. The van der Waals surface area contributed by atoms with Gasteiger partial charge in [0.05, 0.1) is 0 Å². The van der Waals surface area contributed by atoms with Crippen molar-refractivity contribution in [1.82, 2.24) is 0 Å². The van der Waals surface area contributed by atoms with Crippen LogP contribution < -0.4 is 0 Å². The summed E-state index contributed by atoms with van der Waals surface area (Å²) in [5.74, 6) is 1.74. The fourth-order valence-corrected chi connectivity index (χ4v) is 0.781. The van der Waals surface area contributed by atoms with E-state index in [4.69, 9.17) is 4.42 Å². The van der Waals surface area contributed by atoms with Gasteiger partial charge in [-0.3, -0.25) is 0 Å². The summed E-state index contributed by atoms with van der Waals surface area (Å²) in [7, 11) is 0. The van der Waals surface area contributed by atoms with Gasteiger partial charge in [0.25, 0.3) is 0 Å². The van der Waals surface area contributed by atoms with Gasteiger partial charge in [-0.1, -0.05) is 20.8 Å². The molecule has 0 saturated carbocycles. The molecule has 0 fully saturated rings. The van der Waals surface area contributed by atoms with Gasteiger partial charge >= 0.3 is 0 Å². The molecular weight excluding hydrogens is 124 g/mol. The van der Waals surface area contributed by atoms with Crippen molar-refractivity contribution in [3.05, 3.63) is 30.6 Å². The van der Waals surface area contributed by atoms with Crippen LogP contribution >= 0.6 is 0 Å². The fourth-order valence-electron chi connectivity index (χ4n) is 0.781. The van der Waals surface area contributed by atoms with Crippen LogP contribution in [0.5, 0.6) is 0 Å². The minimum Gasteiger partial charge on any atom is -0.466 e. The lowest BCUT2D eigenvalue weighted by Crippen LogP contribution is -2.08. The van der Waals surface area contributed by atoms with E-state index in [0.717, 1.165) is 11.5 Å². The zero-order chi connectivity index (χ0) is 7.78. The monoisotopic (exact) mass is 137 g/mol. The van der Waals surface area contributed by atoms with Gasteiger partial charge in [0.2, 0.25) is 0 Å². The summed E-state index contributed by atoms with van der Waals surface area (Å²) < 4.78 is 5.34. The molecule has 0 aliphatic heterocycles. The zero-order valence-electron chi connectivity index (χ0n) is 6.77. The fraction of sp³-hybridized carbons (Fsp3) is 0.444. The minimum atomic E-state index is 0.107. The molecule has 0 atom stereocenters. The van der Waals surface area contributed by atoms with Gasteiger partial charge < -0.3 is 4.42 Å². The summed E-state index contributed by atoms with van der Waals surface area (Å²) in [5.41, 5.74) is 0.107. The van der Waals surface area contributed by atoms with Crippen molar-refractivity contribution >= 4 is 0 Å². The highest BCUT2D eigenvalue weighted by atomic mass is 16.3. The maximum atomic E-state index is 5.34. The van der Waals surface area contributed by atoms with Crippen molar-refractivity contribution in [2.24, 2.45) is 0 Å². The molecule has 1 heterocycles. The lowest BCUT2D eigenvalue weighted by atomic mass is 9.94. The Morgan fingerprint density at radius 2 is 1.90 bits per heavy atom. The Hall–Kier alpha value is -0.720. The molecule has 0 saturated heterocycles. The Kier molecular flexibility index (Phi) is 1.59. The van der Waals surface area contributed by atoms with Crippen LogP contribution in [0.4, 0.5) is 0 Å². The van der Waals surface area contributed by atoms with Gasteiger partial charge in [-0.2, -0.15) is 0 Å². The predicted molar refractivity (Wildman–Crippen MR) is 41.9 cm³/mol. The van der Waals surface area contributed by atoms with E-state index in [1.54, 1.807) is 0 Å². The van der Waals surface area contributed by atoms with Crippen LogP contribution in [0.2, 0.25) is 0 Å². The smallest absolute Gasteiger partial charge is 0.109 e. The third kappa shape index (κ3) is 1.41. The van der Waals surface area contributed by atoms with E-state index in [0.29, 0.717) is 0 Å². The summed E-state index contributed by atoms with van der Waals surface area (Å²) >= 11 is 0.